The van der Waals surface area contributed by atoms with Crippen LogP contribution in [-0.2, 0) is 4.74 Å². The molecule has 0 aliphatic rings. The van der Waals surface area contributed by atoms with Gasteiger partial charge in [-0.25, -0.2) is 14.0 Å². The van der Waals surface area contributed by atoms with E-state index in [-0.39, 0.29) is 11.3 Å². The normalized spacial score (nSPS) is 10.2. The monoisotopic (exact) mass is 298 g/mol. The first-order chi connectivity index (χ1) is 10.0. The Morgan fingerprint density at radius 2 is 2.05 bits per heavy atom. The van der Waals surface area contributed by atoms with E-state index < -0.39 is 17.8 Å². The molecule has 0 bridgehead atoms. The number of methoxy groups -OCH3 is 1. The van der Waals surface area contributed by atoms with Crippen LogP contribution in [0.3, 0.4) is 0 Å². The SMILES string of the molecule is COCCCCCNC(=O)Nc1ccc(F)cc1C(=O)O. The van der Waals surface area contributed by atoms with Crippen molar-refractivity contribution in [2.24, 2.45) is 0 Å². The number of urea groups is 1. The third kappa shape index (κ3) is 6.22. The van der Waals surface area contributed by atoms with Gasteiger partial charge in [-0.05, 0) is 37.5 Å². The number of carbonyl (C=O) groups excluding carboxylic acids is 1. The predicted octanol–water partition coefficient (Wildman–Crippen LogP) is 2.46. The summed E-state index contributed by atoms with van der Waals surface area (Å²) in [7, 11) is 1.63. The van der Waals surface area contributed by atoms with Gasteiger partial charge in [0.2, 0.25) is 0 Å². The minimum absolute atomic E-state index is 0.0563. The second kappa shape index (κ2) is 8.91. The number of nitrogens with one attached hydrogen (secondary N) is 2. The number of halogens is 1. The minimum Gasteiger partial charge on any atom is -0.478 e. The van der Waals surface area contributed by atoms with Gasteiger partial charge in [0, 0.05) is 20.3 Å². The number of rotatable bonds is 8. The van der Waals surface area contributed by atoms with Crippen LogP contribution < -0.4 is 10.6 Å². The molecule has 0 aromatic heterocycles. The Hall–Kier alpha value is -2.15. The molecule has 6 nitrogen and oxygen atoms in total. The smallest absolute Gasteiger partial charge is 0.337 e. The summed E-state index contributed by atoms with van der Waals surface area (Å²) in [5.41, 5.74) is -0.231. The quantitative estimate of drug-likeness (QED) is 0.643. The van der Waals surface area contributed by atoms with Crippen LogP contribution in [0.25, 0.3) is 0 Å². The van der Waals surface area contributed by atoms with Gasteiger partial charge < -0.3 is 20.5 Å². The second-order valence-electron chi connectivity index (χ2n) is 4.43. The highest BCUT2D eigenvalue weighted by Crippen LogP contribution is 2.16. The molecule has 7 heteroatoms. The van der Waals surface area contributed by atoms with E-state index in [0.29, 0.717) is 13.2 Å². The number of hydrogen-bond donors (Lipinski definition) is 3. The lowest BCUT2D eigenvalue weighted by Crippen LogP contribution is -2.30. The predicted molar refractivity (Wildman–Crippen MR) is 76.1 cm³/mol. The number of unbranched alkanes of at least 4 members (excludes halogenated alkanes) is 2. The number of anilines is 1. The molecular formula is C14H19FN2O4. The van der Waals surface area contributed by atoms with Gasteiger partial charge in [0.15, 0.2) is 0 Å². The molecule has 0 saturated heterocycles. The van der Waals surface area contributed by atoms with Crippen molar-refractivity contribution in [3.8, 4) is 0 Å². The third-order valence-electron chi connectivity index (χ3n) is 2.77. The van der Waals surface area contributed by atoms with E-state index in [2.05, 4.69) is 10.6 Å². The van der Waals surface area contributed by atoms with Gasteiger partial charge in [-0.3, -0.25) is 0 Å². The van der Waals surface area contributed by atoms with Crippen LogP contribution in [0.1, 0.15) is 29.6 Å². The maximum atomic E-state index is 13.0. The van der Waals surface area contributed by atoms with Gasteiger partial charge >= 0.3 is 12.0 Å². The maximum absolute atomic E-state index is 13.0. The van der Waals surface area contributed by atoms with Gasteiger partial charge in [0.1, 0.15) is 5.82 Å². The Morgan fingerprint density at radius 3 is 2.71 bits per heavy atom. The summed E-state index contributed by atoms with van der Waals surface area (Å²) < 4.78 is 17.9. The Labute approximate surface area is 122 Å². The van der Waals surface area contributed by atoms with Crippen molar-refractivity contribution in [3.05, 3.63) is 29.6 Å². The molecule has 21 heavy (non-hydrogen) atoms. The molecule has 1 aromatic carbocycles. The third-order valence-corrected chi connectivity index (χ3v) is 2.77. The fraction of sp³-hybridized carbons (Fsp3) is 0.429. The fourth-order valence-electron chi connectivity index (χ4n) is 1.72. The number of hydrogen-bond acceptors (Lipinski definition) is 3. The zero-order chi connectivity index (χ0) is 15.7. The van der Waals surface area contributed by atoms with Crippen molar-refractivity contribution in [2.75, 3.05) is 25.6 Å². The zero-order valence-corrected chi connectivity index (χ0v) is 11.8. The molecule has 0 atom stereocenters. The first kappa shape index (κ1) is 16.9. The van der Waals surface area contributed by atoms with E-state index >= 15 is 0 Å². The maximum Gasteiger partial charge on any atom is 0.337 e. The molecule has 0 unspecified atom stereocenters. The van der Waals surface area contributed by atoms with E-state index in [9.17, 15) is 14.0 Å². The van der Waals surface area contributed by atoms with Crippen LogP contribution in [-0.4, -0.2) is 37.4 Å². The lowest BCUT2D eigenvalue weighted by molar-refractivity contribution is 0.0697. The Morgan fingerprint density at radius 1 is 1.29 bits per heavy atom. The molecule has 0 aliphatic carbocycles. The van der Waals surface area contributed by atoms with E-state index in [4.69, 9.17) is 9.84 Å². The summed E-state index contributed by atoms with van der Waals surface area (Å²) in [6, 6.07) is 2.66. The van der Waals surface area contributed by atoms with Gasteiger partial charge in [-0.2, -0.15) is 0 Å². The van der Waals surface area contributed by atoms with Crippen LogP contribution in [0, 0.1) is 5.82 Å². The highest BCUT2D eigenvalue weighted by molar-refractivity contribution is 5.99. The highest BCUT2D eigenvalue weighted by Gasteiger charge is 2.13. The lowest BCUT2D eigenvalue weighted by Gasteiger charge is -2.10. The Kier molecular flexibility index (Phi) is 7.17. The summed E-state index contributed by atoms with van der Waals surface area (Å²) in [4.78, 5) is 22.6. The summed E-state index contributed by atoms with van der Waals surface area (Å²) in [5, 5.41) is 14.0. The van der Waals surface area contributed by atoms with Crippen LogP contribution in [0.5, 0.6) is 0 Å². The number of benzene rings is 1. The van der Waals surface area contributed by atoms with Crippen molar-refractivity contribution in [3.63, 3.8) is 0 Å². The molecule has 1 rings (SSSR count). The van der Waals surface area contributed by atoms with E-state index in [1.807, 2.05) is 0 Å². The van der Waals surface area contributed by atoms with Crippen molar-refractivity contribution in [2.45, 2.75) is 19.3 Å². The number of amides is 2. The van der Waals surface area contributed by atoms with Gasteiger partial charge in [0.05, 0.1) is 11.3 Å². The van der Waals surface area contributed by atoms with Crippen molar-refractivity contribution in [1.29, 1.82) is 0 Å². The van der Waals surface area contributed by atoms with Crippen LogP contribution >= 0.6 is 0 Å². The van der Waals surface area contributed by atoms with E-state index in [1.165, 1.54) is 6.07 Å². The number of aromatic carboxylic acids is 1. The summed E-state index contributed by atoms with van der Waals surface area (Å²) >= 11 is 0. The van der Waals surface area contributed by atoms with E-state index in [1.54, 1.807) is 7.11 Å². The highest BCUT2D eigenvalue weighted by atomic mass is 19.1. The van der Waals surface area contributed by atoms with E-state index in [0.717, 1.165) is 31.4 Å². The number of carboxylic acid groups (broad SMARTS) is 1. The zero-order valence-electron chi connectivity index (χ0n) is 11.8. The van der Waals surface area contributed by atoms with Crippen molar-refractivity contribution < 1.29 is 23.8 Å². The molecular weight excluding hydrogens is 279 g/mol. The first-order valence-corrected chi connectivity index (χ1v) is 6.61. The van der Waals surface area contributed by atoms with Gasteiger partial charge in [0.25, 0.3) is 0 Å². The lowest BCUT2D eigenvalue weighted by atomic mass is 10.1. The Bertz CT molecular complexity index is 494. The van der Waals surface area contributed by atoms with Gasteiger partial charge in [-0.1, -0.05) is 0 Å². The first-order valence-electron chi connectivity index (χ1n) is 6.61. The standard InChI is InChI=1S/C14H19FN2O4/c1-21-8-4-2-3-7-16-14(20)17-12-6-5-10(15)9-11(12)13(18)19/h5-6,9H,2-4,7-8H2,1H3,(H,18,19)(H2,16,17,20). The van der Waals surface area contributed by atoms with Gasteiger partial charge in [-0.15, -0.1) is 0 Å². The molecule has 116 valence electrons. The molecule has 0 fully saturated rings. The fourth-order valence-corrected chi connectivity index (χ4v) is 1.72. The summed E-state index contributed by atoms with van der Waals surface area (Å²) in [6.45, 7) is 1.16. The summed E-state index contributed by atoms with van der Waals surface area (Å²) in [6.07, 6.45) is 2.64. The van der Waals surface area contributed by atoms with Crippen LogP contribution in [0.15, 0.2) is 18.2 Å². The molecule has 1 aromatic rings. The molecule has 0 spiro atoms. The van der Waals surface area contributed by atoms with Crippen LogP contribution in [0.2, 0.25) is 0 Å². The number of ether oxygens (including phenoxy) is 1. The second-order valence-corrected chi connectivity index (χ2v) is 4.43. The molecule has 0 saturated carbocycles. The average Bonchev–Trinajstić information content (AvgIpc) is 2.44. The molecule has 0 radical (unpaired) electrons. The molecule has 0 aliphatic heterocycles. The number of carbonyl (C=O) groups is 2. The molecule has 2 amide bonds. The number of carboxylic acids is 1. The largest absolute Gasteiger partial charge is 0.478 e. The molecule has 3 N–H and O–H groups in total. The van der Waals surface area contributed by atoms with Crippen molar-refractivity contribution in [1.82, 2.24) is 5.32 Å². The average molecular weight is 298 g/mol. The summed E-state index contributed by atoms with van der Waals surface area (Å²) in [5.74, 6) is -1.97. The molecule has 0 heterocycles. The minimum atomic E-state index is -1.30. The topological polar surface area (TPSA) is 87.7 Å². The van der Waals surface area contributed by atoms with Crippen LogP contribution in [0.4, 0.5) is 14.9 Å². The van der Waals surface area contributed by atoms with Crippen molar-refractivity contribution >= 4 is 17.7 Å². The Balaban J connectivity index is 2.43.